The molecule has 7 heteroatoms. The molecule has 1 aromatic carbocycles. The van der Waals surface area contributed by atoms with E-state index in [9.17, 15) is 4.79 Å². The summed E-state index contributed by atoms with van der Waals surface area (Å²) in [5.41, 5.74) is 3.13. The Morgan fingerprint density at radius 3 is 2.73 bits per heavy atom. The van der Waals surface area contributed by atoms with Crippen LogP contribution in [0.15, 0.2) is 35.4 Å². The number of hydrogen-bond acceptors (Lipinski definition) is 5. The minimum Gasteiger partial charge on any atom is -0.245 e. The zero-order valence-electron chi connectivity index (χ0n) is 12.3. The van der Waals surface area contributed by atoms with Crippen molar-refractivity contribution >= 4 is 29.6 Å². The van der Waals surface area contributed by atoms with Crippen LogP contribution in [-0.4, -0.2) is 30.6 Å². The number of aryl methyl sites for hydroxylation is 1. The zero-order chi connectivity index (χ0) is 15.5. The van der Waals surface area contributed by atoms with Crippen molar-refractivity contribution in [2.75, 3.05) is 6.26 Å². The molecule has 112 valence electrons. The lowest BCUT2D eigenvalue weighted by Crippen LogP contribution is -2.28. The van der Waals surface area contributed by atoms with Crippen LogP contribution in [0, 0.1) is 6.92 Å². The van der Waals surface area contributed by atoms with Gasteiger partial charge in [0.15, 0.2) is 5.65 Å². The van der Waals surface area contributed by atoms with Crippen LogP contribution in [-0.2, 0) is 5.88 Å². The van der Waals surface area contributed by atoms with Crippen LogP contribution in [0.2, 0.25) is 0 Å². The molecule has 2 heterocycles. The number of aromatic nitrogens is 5. The lowest BCUT2D eigenvalue weighted by molar-refractivity contribution is 0.598. The second kappa shape index (κ2) is 6.15. The van der Waals surface area contributed by atoms with Crippen LogP contribution >= 0.6 is 11.8 Å². The van der Waals surface area contributed by atoms with Gasteiger partial charge in [-0.15, -0.1) is 16.9 Å². The van der Waals surface area contributed by atoms with Crippen molar-refractivity contribution in [2.45, 2.75) is 12.8 Å². The minimum atomic E-state index is -0.234. The van der Waals surface area contributed by atoms with E-state index in [2.05, 4.69) is 15.3 Å². The third-order valence-electron chi connectivity index (χ3n) is 3.21. The number of benzene rings is 1. The first-order valence-electron chi connectivity index (χ1n) is 6.73. The fourth-order valence-corrected chi connectivity index (χ4v) is 2.43. The fourth-order valence-electron chi connectivity index (χ4n) is 2.03. The normalized spacial score (nSPS) is 11.5. The number of nitrogens with zero attached hydrogens (tertiary/aromatic N) is 5. The average Bonchev–Trinajstić information content (AvgIpc) is 2.94. The molecule has 0 aliphatic heterocycles. The molecule has 0 amide bonds. The SMILES string of the molecule is CSCn1nnc2c(/C=C/c3ccc(C)cc3)ncn2c1=O. The molecule has 0 spiro atoms. The van der Waals surface area contributed by atoms with Gasteiger partial charge in [0.05, 0.1) is 5.88 Å². The summed E-state index contributed by atoms with van der Waals surface area (Å²) in [6.45, 7) is 2.05. The summed E-state index contributed by atoms with van der Waals surface area (Å²) in [7, 11) is 0. The highest BCUT2D eigenvalue weighted by molar-refractivity contribution is 7.97. The van der Waals surface area contributed by atoms with Crippen molar-refractivity contribution in [2.24, 2.45) is 0 Å². The maximum absolute atomic E-state index is 12.2. The van der Waals surface area contributed by atoms with Gasteiger partial charge >= 0.3 is 5.69 Å². The van der Waals surface area contributed by atoms with E-state index in [0.717, 1.165) is 5.56 Å². The van der Waals surface area contributed by atoms with Gasteiger partial charge in [-0.2, -0.15) is 4.68 Å². The Morgan fingerprint density at radius 1 is 1.23 bits per heavy atom. The predicted octanol–water partition coefficient (Wildman–Crippen LogP) is 2.09. The first-order chi connectivity index (χ1) is 10.7. The number of rotatable bonds is 4. The lowest BCUT2D eigenvalue weighted by atomic mass is 10.1. The Balaban J connectivity index is 1.97. The van der Waals surface area contributed by atoms with Crippen LogP contribution in [0.4, 0.5) is 0 Å². The molecule has 22 heavy (non-hydrogen) atoms. The summed E-state index contributed by atoms with van der Waals surface area (Å²) in [4.78, 5) is 16.4. The molecule has 0 aliphatic carbocycles. The van der Waals surface area contributed by atoms with Crippen molar-refractivity contribution in [3.63, 3.8) is 0 Å². The largest absolute Gasteiger partial charge is 0.353 e. The molecule has 0 bridgehead atoms. The molecular formula is C15H15N5OS. The Labute approximate surface area is 131 Å². The molecule has 0 aliphatic rings. The second-order valence-corrected chi connectivity index (χ2v) is 5.69. The van der Waals surface area contributed by atoms with E-state index in [1.165, 1.54) is 32.7 Å². The van der Waals surface area contributed by atoms with Gasteiger partial charge in [-0.3, -0.25) is 0 Å². The van der Waals surface area contributed by atoms with Gasteiger partial charge in [0, 0.05) is 0 Å². The van der Waals surface area contributed by atoms with Crippen LogP contribution in [0.25, 0.3) is 17.8 Å². The maximum atomic E-state index is 12.2. The van der Waals surface area contributed by atoms with Gasteiger partial charge in [0.2, 0.25) is 0 Å². The number of thioether (sulfide) groups is 1. The number of fused-ring (bicyclic) bond motifs is 1. The van der Waals surface area contributed by atoms with Crippen LogP contribution in [0.1, 0.15) is 16.8 Å². The fraction of sp³-hybridized carbons (Fsp3) is 0.200. The third kappa shape index (κ3) is 2.80. The van der Waals surface area contributed by atoms with Gasteiger partial charge in [-0.05, 0) is 24.8 Å². The molecular weight excluding hydrogens is 298 g/mol. The second-order valence-electron chi connectivity index (χ2n) is 4.86. The molecule has 0 unspecified atom stereocenters. The summed E-state index contributed by atoms with van der Waals surface area (Å²) in [6, 6.07) is 8.15. The van der Waals surface area contributed by atoms with Gasteiger partial charge < -0.3 is 0 Å². The Hall–Kier alpha value is -2.41. The molecule has 0 fully saturated rings. The first kappa shape index (κ1) is 14.5. The van der Waals surface area contributed by atoms with E-state index in [-0.39, 0.29) is 5.69 Å². The van der Waals surface area contributed by atoms with Gasteiger partial charge in [-0.25, -0.2) is 14.2 Å². The van der Waals surface area contributed by atoms with Crippen LogP contribution in [0.3, 0.4) is 0 Å². The summed E-state index contributed by atoms with van der Waals surface area (Å²) in [5, 5.41) is 8.03. The number of hydrogen-bond donors (Lipinski definition) is 0. The lowest BCUT2D eigenvalue weighted by Gasteiger charge is -2.00. The Bertz CT molecular complexity index is 879. The summed E-state index contributed by atoms with van der Waals surface area (Å²) in [6.07, 6.45) is 7.17. The first-order valence-corrected chi connectivity index (χ1v) is 8.13. The average molecular weight is 313 g/mol. The maximum Gasteiger partial charge on any atom is 0.353 e. The molecule has 0 saturated heterocycles. The van der Waals surface area contributed by atoms with Crippen molar-refractivity contribution in [1.29, 1.82) is 0 Å². The van der Waals surface area contributed by atoms with E-state index >= 15 is 0 Å². The van der Waals surface area contributed by atoms with Crippen molar-refractivity contribution in [1.82, 2.24) is 24.4 Å². The van der Waals surface area contributed by atoms with Crippen molar-refractivity contribution in [3.8, 4) is 0 Å². The molecule has 0 atom stereocenters. The van der Waals surface area contributed by atoms with Crippen LogP contribution in [0.5, 0.6) is 0 Å². The van der Waals surface area contributed by atoms with E-state index in [0.29, 0.717) is 17.2 Å². The highest BCUT2D eigenvalue weighted by Crippen LogP contribution is 2.10. The van der Waals surface area contributed by atoms with Crippen LogP contribution < -0.4 is 5.69 Å². The minimum absolute atomic E-state index is 0.234. The third-order valence-corrected chi connectivity index (χ3v) is 3.71. The van der Waals surface area contributed by atoms with E-state index in [1.807, 2.05) is 49.6 Å². The molecule has 3 rings (SSSR count). The highest BCUT2D eigenvalue weighted by atomic mass is 32.2. The molecule has 6 nitrogen and oxygen atoms in total. The highest BCUT2D eigenvalue weighted by Gasteiger charge is 2.08. The standard InChI is InChI=1S/C15H15N5OS/c1-11-3-5-12(6-4-11)7-8-13-14-17-18-20(10-22-2)15(21)19(14)9-16-13/h3-9H,10H2,1-2H3/b8-7+. The molecule has 0 saturated carbocycles. The topological polar surface area (TPSA) is 65.1 Å². The van der Waals surface area contributed by atoms with Gasteiger partial charge in [0.25, 0.3) is 0 Å². The van der Waals surface area contributed by atoms with E-state index in [4.69, 9.17) is 0 Å². The Morgan fingerprint density at radius 2 is 2.00 bits per heavy atom. The summed E-state index contributed by atoms with van der Waals surface area (Å²) >= 11 is 1.51. The van der Waals surface area contributed by atoms with E-state index < -0.39 is 0 Å². The monoisotopic (exact) mass is 313 g/mol. The zero-order valence-corrected chi connectivity index (χ0v) is 13.1. The molecule has 0 radical (unpaired) electrons. The predicted molar refractivity (Wildman–Crippen MR) is 88.7 cm³/mol. The van der Waals surface area contributed by atoms with Gasteiger partial charge in [-0.1, -0.05) is 41.1 Å². The Kier molecular flexibility index (Phi) is 4.06. The van der Waals surface area contributed by atoms with Crippen molar-refractivity contribution in [3.05, 3.63) is 57.9 Å². The van der Waals surface area contributed by atoms with Crippen molar-refractivity contribution < 1.29 is 0 Å². The quantitative estimate of drug-likeness (QED) is 0.738. The van der Waals surface area contributed by atoms with Gasteiger partial charge in [0.1, 0.15) is 12.0 Å². The molecule has 2 aromatic heterocycles. The van der Waals surface area contributed by atoms with E-state index in [1.54, 1.807) is 0 Å². The number of imidazole rings is 1. The summed E-state index contributed by atoms with van der Waals surface area (Å²) in [5.74, 6) is 0.467. The smallest absolute Gasteiger partial charge is 0.245 e. The molecule has 0 N–H and O–H groups in total. The summed E-state index contributed by atoms with van der Waals surface area (Å²) < 4.78 is 2.73. The molecule has 3 aromatic rings.